The highest BCUT2D eigenvalue weighted by Crippen LogP contribution is 2.08. The first-order valence-electron chi connectivity index (χ1n) is 4.41. The van der Waals surface area contributed by atoms with E-state index in [1.165, 1.54) is 0 Å². The van der Waals surface area contributed by atoms with Gasteiger partial charge in [-0.05, 0) is 31.2 Å². The number of furan rings is 1. The first kappa shape index (κ1) is 8.74. The molecule has 2 rings (SSSR count). The fourth-order valence-corrected chi connectivity index (χ4v) is 1.15. The van der Waals surface area contributed by atoms with Crippen LogP contribution >= 0.6 is 0 Å². The number of nitrogens with zero attached hydrogens (tertiary/aromatic N) is 2. The van der Waals surface area contributed by atoms with Crippen LogP contribution in [0.2, 0.25) is 0 Å². The maximum atomic E-state index is 5.39. The summed E-state index contributed by atoms with van der Waals surface area (Å²) in [4.78, 5) is 0. The third-order valence-electron chi connectivity index (χ3n) is 1.81. The van der Waals surface area contributed by atoms with E-state index in [1.54, 1.807) is 6.20 Å². The molecule has 0 bridgehead atoms. The minimum Gasteiger partial charge on any atom is -0.465 e. The van der Waals surface area contributed by atoms with Gasteiger partial charge in [0, 0.05) is 6.20 Å². The predicted octanol–water partition coefficient (Wildman–Crippen LogP) is 1.99. The molecular formula is C10H11N3O. The number of rotatable bonds is 3. The Bertz CT molecular complexity index is 397. The van der Waals surface area contributed by atoms with Gasteiger partial charge in [0.05, 0.1) is 6.54 Å². The third-order valence-corrected chi connectivity index (χ3v) is 1.81. The zero-order valence-electron chi connectivity index (χ0n) is 7.90. The SMILES string of the molecule is Cc1ccc(CNc2cccnn2)o1. The summed E-state index contributed by atoms with van der Waals surface area (Å²) in [6, 6.07) is 7.58. The molecule has 2 heterocycles. The summed E-state index contributed by atoms with van der Waals surface area (Å²) in [6.45, 7) is 2.55. The zero-order chi connectivity index (χ0) is 9.80. The highest BCUT2D eigenvalue weighted by molar-refractivity contribution is 5.31. The maximum Gasteiger partial charge on any atom is 0.149 e. The molecule has 0 radical (unpaired) electrons. The second-order valence-electron chi connectivity index (χ2n) is 2.97. The largest absolute Gasteiger partial charge is 0.465 e. The van der Waals surface area contributed by atoms with Crippen LogP contribution < -0.4 is 5.32 Å². The molecule has 0 aliphatic rings. The van der Waals surface area contributed by atoms with E-state index >= 15 is 0 Å². The van der Waals surface area contributed by atoms with E-state index in [-0.39, 0.29) is 0 Å². The molecule has 0 aliphatic heterocycles. The van der Waals surface area contributed by atoms with Gasteiger partial charge in [0.1, 0.15) is 17.3 Å². The lowest BCUT2D eigenvalue weighted by molar-refractivity contribution is 0.490. The van der Waals surface area contributed by atoms with Crippen LogP contribution in [0.25, 0.3) is 0 Å². The average molecular weight is 189 g/mol. The molecule has 0 amide bonds. The van der Waals surface area contributed by atoms with Crippen molar-refractivity contribution in [3.63, 3.8) is 0 Å². The molecule has 0 unspecified atom stereocenters. The Balaban J connectivity index is 1.95. The van der Waals surface area contributed by atoms with Gasteiger partial charge in [-0.25, -0.2) is 0 Å². The molecule has 4 nitrogen and oxygen atoms in total. The summed E-state index contributed by atoms with van der Waals surface area (Å²) < 4.78 is 5.39. The van der Waals surface area contributed by atoms with Gasteiger partial charge in [-0.1, -0.05) is 0 Å². The van der Waals surface area contributed by atoms with Crippen LogP contribution in [-0.4, -0.2) is 10.2 Å². The summed E-state index contributed by atoms with van der Waals surface area (Å²) >= 11 is 0. The minimum absolute atomic E-state index is 0.631. The van der Waals surface area contributed by atoms with Gasteiger partial charge in [0.15, 0.2) is 0 Å². The van der Waals surface area contributed by atoms with Crippen molar-refractivity contribution in [2.24, 2.45) is 0 Å². The van der Waals surface area contributed by atoms with Crippen molar-refractivity contribution in [2.45, 2.75) is 13.5 Å². The number of hydrogen-bond acceptors (Lipinski definition) is 4. The van der Waals surface area contributed by atoms with Crippen LogP contribution in [0.1, 0.15) is 11.5 Å². The molecule has 0 atom stereocenters. The summed E-state index contributed by atoms with van der Waals surface area (Å²) in [7, 11) is 0. The Labute approximate surface area is 82.0 Å². The molecule has 1 N–H and O–H groups in total. The monoisotopic (exact) mass is 189 g/mol. The van der Waals surface area contributed by atoms with E-state index in [0.717, 1.165) is 17.3 Å². The van der Waals surface area contributed by atoms with Crippen LogP contribution in [0, 0.1) is 6.92 Å². The normalized spacial score (nSPS) is 10.1. The third kappa shape index (κ3) is 2.10. The molecule has 0 aromatic carbocycles. The lowest BCUT2D eigenvalue weighted by Crippen LogP contribution is -2.00. The fourth-order valence-electron chi connectivity index (χ4n) is 1.15. The number of nitrogens with one attached hydrogen (secondary N) is 1. The number of aromatic nitrogens is 2. The van der Waals surface area contributed by atoms with E-state index in [9.17, 15) is 0 Å². The summed E-state index contributed by atoms with van der Waals surface area (Å²) in [5.41, 5.74) is 0. The minimum atomic E-state index is 0.631. The number of hydrogen-bond donors (Lipinski definition) is 1. The van der Waals surface area contributed by atoms with E-state index in [4.69, 9.17) is 4.42 Å². The highest BCUT2D eigenvalue weighted by Gasteiger charge is 1.98. The van der Waals surface area contributed by atoms with Gasteiger partial charge in [-0.2, -0.15) is 5.10 Å². The van der Waals surface area contributed by atoms with Gasteiger partial charge in [-0.15, -0.1) is 5.10 Å². The van der Waals surface area contributed by atoms with Crippen LogP contribution in [-0.2, 0) is 6.54 Å². The van der Waals surface area contributed by atoms with Crippen LogP contribution in [0.5, 0.6) is 0 Å². The van der Waals surface area contributed by atoms with Gasteiger partial charge in [0.2, 0.25) is 0 Å². The molecule has 4 heteroatoms. The molecular weight excluding hydrogens is 178 g/mol. The Kier molecular flexibility index (Phi) is 2.44. The van der Waals surface area contributed by atoms with E-state index in [0.29, 0.717) is 6.54 Å². The molecule has 14 heavy (non-hydrogen) atoms. The Morgan fingerprint density at radius 1 is 1.36 bits per heavy atom. The molecule has 0 spiro atoms. The van der Waals surface area contributed by atoms with Crippen molar-refractivity contribution >= 4 is 5.82 Å². The van der Waals surface area contributed by atoms with E-state index < -0.39 is 0 Å². The summed E-state index contributed by atoms with van der Waals surface area (Å²) in [5, 5.41) is 10.8. The lowest BCUT2D eigenvalue weighted by Gasteiger charge is -2.00. The number of anilines is 1. The van der Waals surface area contributed by atoms with E-state index in [1.807, 2.05) is 31.2 Å². The van der Waals surface area contributed by atoms with Gasteiger partial charge in [-0.3, -0.25) is 0 Å². The van der Waals surface area contributed by atoms with Crippen molar-refractivity contribution in [1.29, 1.82) is 0 Å². The molecule has 0 fully saturated rings. The molecule has 2 aromatic rings. The van der Waals surface area contributed by atoms with Crippen LogP contribution in [0.3, 0.4) is 0 Å². The zero-order valence-corrected chi connectivity index (χ0v) is 7.90. The summed E-state index contributed by atoms with van der Waals surface area (Å²) in [6.07, 6.45) is 1.64. The van der Waals surface area contributed by atoms with Crippen LogP contribution in [0.15, 0.2) is 34.9 Å². The maximum absolute atomic E-state index is 5.39. The van der Waals surface area contributed by atoms with Gasteiger partial charge < -0.3 is 9.73 Å². The van der Waals surface area contributed by atoms with E-state index in [2.05, 4.69) is 15.5 Å². The smallest absolute Gasteiger partial charge is 0.149 e. The summed E-state index contributed by atoms with van der Waals surface area (Å²) in [5.74, 6) is 2.57. The standard InChI is InChI=1S/C10H11N3O/c1-8-4-5-9(14-8)7-11-10-3-2-6-12-13-10/h2-6H,7H2,1H3,(H,11,13). The van der Waals surface area contributed by atoms with Crippen LogP contribution in [0.4, 0.5) is 5.82 Å². The van der Waals surface area contributed by atoms with Gasteiger partial charge in [0.25, 0.3) is 0 Å². The Morgan fingerprint density at radius 3 is 2.93 bits per heavy atom. The number of aryl methyl sites for hydroxylation is 1. The predicted molar refractivity (Wildman–Crippen MR) is 52.8 cm³/mol. The molecule has 2 aromatic heterocycles. The van der Waals surface area contributed by atoms with Gasteiger partial charge >= 0.3 is 0 Å². The first-order chi connectivity index (χ1) is 6.84. The first-order valence-corrected chi connectivity index (χ1v) is 4.41. The molecule has 72 valence electrons. The average Bonchev–Trinajstić information content (AvgIpc) is 2.63. The molecule has 0 saturated heterocycles. The Morgan fingerprint density at radius 2 is 2.29 bits per heavy atom. The van der Waals surface area contributed by atoms with Crippen molar-refractivity contribution in [3.8, 4) is 0 Å². The topological polar surface area (TPSA) is 51.0 Å². The van der Waals surface area contributed by atoms with Crippen molar-refractivity contribution in [2.75, 3.05) is 5.32 Å². The molecule has 0 aliphatic carbocycles. The van der Waals surface area contributed by atoms with Crippen molar-refractivity contribution in [1.82, 2.24) is 10.2 Å². The second-order valence-corrected chi connectivity index (χ2v) is 2.97. The second kappa shape index (κ2) is 3.91. The highest BCUT2D eigenvalue weighted by atomic mass is 16.3. The lowest BCUT2D eigenvalue weighted by atomic mass is 10.4. The Hall–Kier alpha value is -1.84. The molecule has 0 saturated carbocycles. The quantitative estimate of drug-likeness (QED) is 0.802. The van der Waals surface area contributed by atoms with Crippen molar-refractivity contribution < 1.29 is 4.42 Å². The fraction of sp³-hybridized carbons (Fsp3) is 0.200. The van der Waals surface area contributed by atoms with Crippen molar-refractivity contribution in [3.05, 3.63) is 42.0 Å².